The van der Waals surface area contributed by atoms with Crippen molar-refractivity contribution in [1.82, 2.24) is 0 Å². The van der Waals surface area contributed by atoms with Crippen LogP contribution in [-0.4, -0.2) is 24.1 Å². The fraction of sp³-hybridized carbons (Fsp3) is 0.400. The summed E-state index contributed by atoms with van der Waals surface area (Å²) in [5.41, 5.74) is 0. The Morgan fingerprint density at radius 1 is 1.86 bits per heavy atom. The Kier molecular flexibility index (Phi) is 1.11. The van der Waals surface area contributed by atoms with Gasteiger partial charge in [0.2, 0.25) is 0 Å². The van der Waals surface area contributed by atoms with Gasteiger partial charge in [-0.05, 0) is 6.58 Å². The summed E-state index contributed by atoms with van der Waals surface area (Å²) in [5, 5.41) is 0. The average Bonchev–Trinajstić information content (AvgIpc) is 2.14. The highest BCUT2D eigenvalue weighted by Gasteiger charge is 2.05. The average molecular weight is 98.1 g/mol. The van der Waals surface area contributed by atoms with E-state index in [2.05, 4.69) is 6.58 Å². The number of hydrogen-bond donors (Lipinski definition) is 0. The lowest BCUT2D eigenvalue weighted by atomic mass is 10.7. The lowest BCUT2D eigenvalue weighted by molar-refractivity contribution is -0.440. The summed E-state index contributed by atoms with van der Waals surface area (Å²) in [5.74, 6) is 0. The molecule has 1 heterocycles. The number of nitrogens with zero attached hydrogens (tertiary/aromatic N) is 1. The molecule has 0 N–H and O–H groups in total. The van der Waals surface area contributed by atoms with E-state index >= 15 is 0 Å². The van der Waals surface area contributed by atoms with Crippen LogP contribution in [0.1, 0.15) is 0 Å². The fourth-order valence-corrected chi connectivity index (χ4v) is 0.494. The molecule has 0 radical (unpaired) electrons. The van der Waals surface area contributed by atoms with E-state index in [9.17, 15) is 0 Å². The van der Waals surface area contributed by atoms with Gasteiger partial charge in [0.25, 0.3) is 0 Å². The molecular weight excluding hydrogens is 90.1 g/mol. The van der Waals surface area contributed by atoms with Crippen LogP contribution in [0.15, 0.2) is 12.8 Å². The molecule has 0 fully saturated rings. The van der Waals surface area contributed by atoms with Crippen molar-refractivity contribution in [2.75, 3.05) is 13.2 Å². The first-order chi connectivity index (χ1) is 3.43. The number of ether oxygens (including phenoxy) is 1. The van der Waals surface area contributed by atoms with Crippen molar-refractivity contribution in [2.45, 2.75) is 0 Å². The highest BCUT2D eigenvalue weighted by atomic mass is 16.5. The van der Waals surface area contributed by atoms with Crippen molar-refractivity contribution in [3.8, 4) is 0 Å². The maximum atomic E-state index is 4.88. The first-order valence-electron chi connectivity index (χ1n) is 2.27. The zero-order chi connectivity index (χ0) is 5.11. The molecule has 1 aliphatic heterocycles. The van der Waals surface area contributed by atoms with E-state index in [1.165, 1.54) is 0 Å². The van der Waals surface area contributed by atoms with Crippen LogP contribution >= 0.6 is 0 Å². The summed E-state index contributed by atoms with van der Waals surface area (Å²) in [6.45, 7) is 5.30. The molecule has 2 heteroatoms. The Balaban J connectivity index is 2.51. The van der Waals surface area contributed by atoms with Gasteiger partial charge in [0.1, 0.15) is 0 Å². The molecule has 0 aromatic rings. The third kappa shape index (κ3) is 0.796. The Morgan fingerprint density at radius 2 is 2.71 bits per heavy atom. The molecule has 0 aliphatic carbocycles. The minimum absolute atomic E-state index is 0.798. The Labute approximate surface area is 42.7 Å². The minimum atomic E-state index is 0.798. The lowest BCUT2D eigenvalue weighted by Gasteiger charge is -1.75. The Bertz CT molecular complexity index is 107. The Hall–Kier alpha value is -0.790. The van der Waals surface area contributed by atoms with Crippen LogP contribution in [0.4, 0.5) is 0 Å². The summed E-state index contributed by atoms with van der Waals surface area (Å²) in [7, 11) is 0. The molecule has 0 bridgehead atoms. The topological polar surface area (TPSA) is 12.2 Å². The smallest absolute Gasteiger partial charge is 0.329 e. The normalized spacial score (nSPS) is 18.0. The van der Waals surface area contributed by atoms with Gasteiger partial charge in [0.15, 0.2) is 19.4 Å². The molecule has 0 atom stereocenters. The van der Waals surface area contributed by atoms with Gasteiger partial charge in [-0.1, -0.05) is 0 Å². The minimum Gasteiger partial charge on any atom is -0.443 e. The van der Waals surface area contributed by atoms with E-state index in [0.29, 0.717) is 0 Å². The molecule has 7 heavy (non-hydrogen) atoms. The van der Waals surface area contributed by atoms with Gasteiger partial charge in [-0.15, -0.1) is 0 Å². The van der Waals surface area contributed by atoms with E-state index in [4.69, 9.17) is 4.74 Å². The van der Waals surface area contributed by atoms with Gasteiger partial charge in [-0.25, -0.2) is 0 Å². The lowest BCUT2D eigenvalue weighted by Crippen LogP contribution is -1.98. The fourth-order valence-electron chi connectivity index (χ4n) is 0.494. The van der Waals surface area contributed by atoms with Gasteiger partial charge >= 0.3 is 6.40 Å². The predicted molar refractivity (Wildman–Crippen MR) is 27.3 cm³/mol. The summed E-state index contributed by atoms with van der Waals surface area (Å²) < 4.78 is 6.78. The van der Waals surface area contributed by atoms with Gasteiger partial charge < -0.3 is 4.74 Å². The van der Waals surface area contributed by atoms with Crippen LogP contribution in [0.25, 0.3) is 0 Å². The predicted octanol–water partition coefficient (Wildman–Crippen LogP) is 0.201. The summed E-state index contributed by atoms with van der Waals surface area (Å²) in [6, 6.07) is 0. The molecule has 0 spiro atoms. The van der Waals surface area contributed by atoms with Crippen LogP contribution < -0.4 is 0 Å². The first kappa shape index (κ1) is 4.37. The maximum Gasteiger partial charge on any atom is 0.329 e. The van der Waals surface area contributed by atoms with Crippen LogP contribution in [0.2, 0.25) is 0 Å². The van der Waals surface area contributed by atoms with Crippen molar-refractivity contribution < 1.29 is 9.31 Å². The molecule has 0 aromatic carbocycles. The zero-order valence-corrected chi connectivity index (χ0v) is 4.13. The standard InChI is InChI=1S/C5H8NO/c1-2-6-3-4-7-5-6/h2,5H,1,3-4H2/q+1. The molecule has 38 valence electrons. The highest BCUT2D eigenvalue weighted by Crippen LogP contribution is 1.83. The molecule has 1 rings (SSSR count). The van der Waals surface area contributed by atoms with Crippen LogP contribution in [0.5, 0.6) is 0 Å². The van der Waals surface area contributed by atoms with Crippen LogP contribution in [0.3, 0.4) is 0 Å². The van der Waals surface area contributed by atoms with Gasteiger partial charge in [-0.3, -0.25) is 0 Å². The van der Waals surface area contributed by atoms with Crippen molar-refractivity contribution in [2.24, 2.45) is 0 Å². The molecule has 0 aromatic heterocycles. The zero-order valence-electron chi connectivity index (χ0n) is 4.13. The van der Waals surface area contributed by atoms with Crippen LogP contribution in [-0.2, 0) is 4.74 Å². The molecular formula is C5H8NO+. The van der Waals surface area contributed by atoms with Crippen molar-refractivity contribution in [3.05, 3.63) is 12.8 Å². The molecule has 0 amide bonds. The molecule has 0 saturated heterocycles. The van der Waals surface area contributed by atoms with Gasteiger partial charge in [-0.2, -0.15) is 4.58 Å². The van der Waals surface area contributed by atoms with E-state index in [1.807, 2.05) is 4.58 Å². The van der Waals surface area contributed by atoms with Crippen LogP contribution in [0, 0.1) is 0 Å². The molecule has 0 unspecified atom stereocenters. The van der Waals surface area contributed by atoms with Crippen molar-refractivity contribution >= 4 is 6.40 Å². The third-order valence-corrected chi connectivity index (χ3v) is 0.912. The van der Waals surface area contributed by atoms with E-state index in [1.54, 1.807) is 12.6 Å². The quantitative estimate of drug-likeness (QED) is 0.427. The second kappa shape index (κ2) is 1.78. The largest absolute Gasteiger partial charge is 0.443 e. The monoisotopic (exact) mass is 98.1 g/mol. The van der Waals surface area contributed by atoms with Gasteiger partial charge in [0, 0.05) is 0 Å². The number of rotatable bonds is 1. The molecule has 1 aliphatic rings. The number of hydrogen-bond acceptors (Lipinski definition) is 1. The molecule has 0 saturated carbocycles. The van der Waals surface area contributed by atoms with E-state index in [0.717, 1.165) is 13.2 Å². The summed E-state index contributed by atoms with van der Waals surface area (Å²) in [6.07, 6.45) is 3.42. The van der Waals surface area contributed by atoms with Crippen molar-refractivity contribution in [1.29, 1.82) is 0 Å². The van der Waals surface area contributed by atoms with Gasteiger partial charge in [0.05, 0.1) is 0 Å². The Morgan fingerprint density at radius 3 is 3.00 bits per heavy atom. The van der Waals surface area contributed by atoms with E-state index < -0.39 is 0 Å². The SMILES string of the molecule is C=C[N+]1=COCC1. The summed E-state index contributed by atoms with van der Waals surface area (Å²) in [4.78, 5) is 0. The molecule has 2 nitrogen and oxygen atoms in total. The van der Waals surface area contributed by atoms with E-state index in [-0.39, 0.29) is 0 Å². The summed E-state index contributed by atoms with van der Waals surface area (Å²) >= 11 is 0. The highest BCUT2D eigenvalue weighted by molar-refractivity contribution is 5.40. The van der Waals surface area contributed by atoms with Crippen molar-refractivity contribution in [3.63, 3.8) is 0 Å². The maximum absolute atomic E-state index is 4.88. The third-order valence-electron chi connectivity index (χ3n) is 0.912. The second-order valence-electron chi connectivity index (χ2n) is 1.40. The first-order valence-corrected chi connectivity index (χ1v) is 2.27. The second-order valence-corrected chi connectivity index (χ2v) is 1.40.